The zero-order valence-corrected chi connectivity index (χ0v) is 10.3. The van der Waals surface area contributed by atoms with Gasteiger partial charge in [0.05, 0.1) is 11.8 Å². The zero-order valence-electron chi connectivity index (χ0n) is 9.48. The summed E-state index contributed by atoms with van der Waals surface area (Å²) in [4.78, 5) is 3.86. The molecule has 0 atom stereocenters. The molecular formula is C11H9F3N4S. The minimum atomic E-state index is -4.41. The number of nitrogens with zero attached hydrogens (tertiary/aromatic N) is 2. The molecule has 0 aliphatic carbocycles. The highest BCUT2D eigenvalue weighted by molar-refractivity contribution is 7.14. The van der Waals surface area contributed by atoms with Crippen LogP contribution in [-0.2, 0) is 6.18 Å². The highest BCUT2D eigenvalue weighted by Crippen LogP contribution is 2.31. The van der Waals surface area contributed by atoms with Gasteiger partial charge >= 0.3 is 6.18 Å². The molecule has 1 aromatic heterocycles. The molecule has 1 aromatic carbocycles. The quantitative estimate of drug-likeness (QED) is 0.673. The summed E-state index contributed by atoms with van der Waals surface area (Å²) in [6.07, 6.45) is -3.31. The van der Waals surface area contributed by atoms with E-state index in [-0.39, 0.29) is 5.56 Å². The molecule has 0 saturated heterocycles. The molecule has 0 fully saturated rings. The second kappa shape index (κ2) is 5.27. The van der Waals surface area contributed by atoms with Gasteiger partial charge in [0.25, 0.3) is 0 Å². The van der Waals surface area contributed by atoms with Gasteiger partial charge in [0.2, 0.25) is 5.13 Å². The third-order valence-electron chi connectivity index (χ3n) is 2.15. The normalized spacial score (nSPS) is 11.9. The van der Waals surface area contributed by atoms with E-state index in [1.54, 1.807) is 5.38 Å². The number of hydrogen-bond donors (Lipinski definition) is 2. The van der Waals surface area contributed by atoms with Crippen LogP contribution in [0.3, 0.4) is 0 Å². The predicted molar refractivity (Wildman–Crippen MR) is 69.2 cm³/mol. The van der Waals surface area contributed by atoms with Crippen LogP contribution in [0.1, 0.15) is 11.1 Å². The van der Waals surface area contributed by atoms with E-state index in [4.69, 9.17) is 5.73 Å². The van der Waals surface area contributed by atoms with Crippen molar-refractivity contribution in [2.24, 2.45) is 5.10 Å². The van der Waals surface area contributed by atoms with Crippen molar-refractivity contribution in [2.45, 2.75) is 6.18 Å². The Balaban J connectivity index is 2.15. The van der Waals surface area contributed by atoms with Gasteiger partial charge in [-0.15, -0.1) is 11.3 Å². The van der Waals surface area contributed by atoms with Crippen molar-refractivity contribution in [1.29, 1.82) is 0 Å². The summed E-state index contributed by atoms with van der Waals surface area (Å²) in [5.74, 6) is 0.332. The topological polar surface area (TPSA) is 63.3 Å². The minimum Gasteiger partial charge on any atom is -0.383 e. The number of nitrogens with two attached hydrogens (primary N) is 1. The number of nitrogens with one attached hydrogen (secondary N) is 1. The van der Waals surface area contributed by atoms with Crippen molar-refractivity contribution >= 4 is 28.5 Å². The number of nitrogen functional groups attached to an aromatic ring is 1. The predicted octanol–water partition coefficient (Wildman–Crippen LogP) is 3.19. The first kappa shape index (κ1) is 13.3. The summed E-state index contributed by atoms with van der Waals surface area (Å²) >= 11 is 1.21. The second-order valence-corrected chi connectivity index (χ2v) is 4.39. The van der Waals surface area contributed by atoms with Gasteiger partial charge in [-0.2, -0.15) is 18.3 Å². The number of hydrazone groups is 1. The van der Waals surface area contributed by atoms with Crippen LogP contribution in [0.5, 0.6) is 0 Å². The van der Waals surface area contributed by atoms with Gasteiger partial charge in [0, 0.05) is 10.9 Å². The van der Waals surface area contributed by atoms with Crippen molar-refractivity contribution in [2.75, 3.05) is 11.2 Å². The van der Waals surface area contributed by atoms with Crippen molar-refractivity contribution in [3.05, 3.63) is 40.8 Å². The van der Waals surface area contributed by atoms with Gasteiger partial charge in [0.1, 0.15) is 5.82 Å². The SMILES string of the molecule is Nc1csc(NN=Cc2ccccc2C(F)(F)F)n1. The van der Waals surface area contributed by atoms with E-state index in [1.807, 2.05) is 0 Å². The monoisotopic (exact) mass is 286 g/mol. The fraction of sp³-hybridized carbons (Fsp3) is 0.0909. The zero-order chi connectivity index (χ0) is 13.9. The first-order valence-corrected chi connectivity index (χ1v) is 6.01. The van der Waals surface area contributed by atoms with E-state index in [0.29, 0.717) is 10.9 Å². The van der Waals surface area contributed by atoms with E-state index >= 15 is 0 Å². The number of alkyl halides is 3. The standard InChI is InChI=1S/C11H9F3N4S/c12-11(13,14)8-4-2-1-3-7(8)5-16-18-10-17-9(15)6-19-10/h1-6H,15H2,(H,17,18). The van der Waals surface area contributed by atoms with Crippen LogP contribution in [0.15, 0.2) is 34.7 Å². The number of halogens is 3. The Morgan fingerprint density at radius 2 is 2.05 bits per heavy atom. The highest BCUT2D eigenvalue weighted by Gasteiger charge is 2.32. The first-order chi connectivity index (χ1) is 8.97. The van der Waals surface area contributed by atoms with Crippen LogP contribution in [0.4, 0.5) is 24.1 Å². The fourth-order valence-corrected chi connectivity index (χ4v) is 1.91. The average Bonchev–Trinajstić information content (AvgIpc) is 2.74. The number of anilines is 2. The molecule has 0 spiro atoms. The molecule has 19 heavy (non-hydrogen) atoms. The molecule has 4 nitrogen and oxygen atoms in total. The molecule has 0 radical (unpaired) electrons. The van der Waals surface area contributed by atoms with Gasteiger partial charge in [-0.1, -0.05) is 18.2 Å². The van der Waals surface area contributed by atoms with Crippen molar-refractivity contribution < 1.29 is 13.2 Å². The maximum Gasteiger partial charge on any atom is 0.417 e. The maximum absolute atomic E-state index is 12.7. The molecule has 0 amide bonds. The molecule has 0 saturated carbocycles. The number of benzene rings is 1. The van der Waals surface area contributed by atoms with Crippen molar-refractivity contribution in [3.63, 3.8) is 0 Å². The van der Waals surface area contributed by atoms with E-state index in [2.05, 4.69) is 15.5 Å². The maximum atomic E-state index is 12.7. The van der Waals surface area contributed by atoms with Crippen LogP contribution in [-0.4, -0.2) is 11.2 Å². The summed E-state index contributed by atoms with van der Waals surface area (Å²) in [6, 6.07) is 5.18. The third kappa shape index (κ3) is 3.44. The molecule has 1 heterocycles. The van der Waals surface area contributed by atoms with Crippen LogP contribution < -0.4 is 11.2 Å². The van der Waals surface area contributed by atoms with Crippen molar-refractivity contribution in [3.8, 4) is 0 Å². The van der Waals surface area contributed by atoms with Crippen LogP contribution in [0, 0.1) is 0 Å². The number of rotatable bonds is 3. The van der Waals surface area contributed by atoms with E-state index in [1.165, 1.54) is 29.5 Å². The smallest absolute Gasteiger partial charge is 0.383 e. The lowest BCUT2D eigenvalue weighted by Crippen LogP contribution is -2.08. The van der Waals surface area contributed by atoms with Gasteiger partial charge in [0.15, 0.2) is 0 Å². The molecule has 8 heteroatoms. The summed E-state index contributed by atoms with van der Waals surface area (Å²) in [5, 5.41) is 5.73. The largest absolute Gasteiger partial charge is 0.417 e. The lowest BCUT2D eigenvalue weighted by atomic mass is 10.1. The Kier molecular flexibility index (Phi) is 3.70. The average molecular weight is 286 g/mol. The van der Waals surface area contributed by atoms with Gasteiger partial charge < -0.3 is 5.73 Å². The number of thiazole rings is 1. The Bertz CT molecular complexity index is 592. The number of aromatic nitrogens is 1. The lowest BCUT2D eigenvalue weighted by molar-refractivity contribution is -0.137. The first-order valence-electron chi connectivity index (χ1n) is 5.13. The van der Waals surface area contributed by atoms with E-state index in [0.717, 1.165) is 12.3 Å². The van der Waals surface area contributed by atoms with Gasteiger partial charge in [-0.25, -0.2) is 4.98 Å². The van der Waals surface area contributed by atoms with Gasteiger partial charge in [-0.05, 0) is 6.07 Å². The Hall–Kier alpha value is -2.09. The summed E-state index contributed by atoms with van der Waals surface area (Å²) in [5.41, 5.74) is 7.17. The molecule has 2 aromatic rings. The van der Waals surface area contributed by atoms with Crippen LogP contribution in [0.25, 0.3) is 0 Å². The third-order valence-corrected chi connectivity index (χ3v) is 2.92. The molecular weight excluding hydrogens is 277 g/mol. The Labute approximate surface area is 110 Å². The molecule has 3 N–H and O–H groups in total. The number of hydrogen-bond acceptors (Lipinski definition) is 5. The lowest BCUT2D eigenvalue weighted by Gasteiger charge is -2.08. The Morgan fingerprint density at radius 3 is 2.68 bits per heavy atom. The summed E-state index contributed by atoms with van der Waals surface area (Å²) < 4.78 is 38.1. The molecule has 2 rings (SSSR count). The molecule has 0 aliphatic heterocycles. The Morgan fingerprint density at radius 1 is 1.32 bits per heavy atom. The van der Waals surface area contributed by atoms with Crippen LogP contribution in [0.2, 0.25) is 0 Å². The van der Waals surface area contributed by atoms with E-state index in [9.17, 15) is 13.2 Å². The summed E-state index contributed by atoms with van der Waals surface area (Å²) in [6.45, 7) is 0. The molecule has 0 unspecified atom stereocenters. The summed E-state index contributed by atoms with van der Waals surface area (Å²) in [7, 11) is 0. The van der Waals surface area contributed by atoms with Gasteiger partial charge in [-0.3, -0.25) is 5.43 Å². The minimum absolute atomic E-state index is 0.0213. The van der Waals surface area contributed by atoms with Crippen LogP contribution >= 0.6 is 11.3 Å². The molecule has 0 bridgehead atoms. The molecule has 100 valence electrons. The highest BCUT2D eigenvalue weighted by atomic mass is 32.1. The fourth-order valence-electron chi connectivity index (χ4n) is 1.36. The van der Waals surface area contributed by atoms with E-state index < -0.39 is 11.7 Å². The second-order valence-electron chi connectivity index (χ2n) is 3.53. The van der Waals surface area contributed by atoms with Crippen molar-refractivity contribution in [1.82, 2.24) is 4.98 Å². The molecule has 0 aliphatic rings.